The van der Waals surface area contributed by atoms with Crippen LogP contribution in [-0.4, -0.2) is 54.4 Å². The highest BCUT2D eigenvalue weighted by Crippen LogP contribution is 2.34. The van der Waals surface area contributed by atoms with Gasteiger partial charge in [0.05, 0.1) is 23.2 Å². The molecule has 3 atom stereocenters. The molecule has 2 aliphatic rings. The molecule has 3 unspecified atom stereocenters. The number of hydrogen-bond donors (Lipinski definition) is 1. The molecular formula is C12H22N2O2S. The number of nitrogens with zero attached hydrogens (tertiary/aromatic N) is 1. The van der Waals surface area contributed by atoms with Crippen LogP contribution in [0.3, 0.4) is 0 Å². The minimum Gasteiger partial charge on any atom is -0.392 e. The number of rotatable bonds is 3. The maximum atomic E-state index is 5.93. The number of nitrogens with two attached hydrogens (primary N) is 1. The highest BCUT2D eigenvalue weighted by Gasteiger charge is 2.42. The topological polar surface area (TPSA) is 47.7 Å². The Balaban J connectivity index is 1.99. The first kappa shape index (κ1) is 13.2. The van der Waals surface area contributed by atoms with Crippen molar-refractivity contribution >= 4 is 17.2 Å². The van der Waals surface area contributed by atoms with E-state index in [-0.39, 0.29) is 11.6 Å². The van der Waals surface area contributed by atoms with E-state index in [0.717, 1.165) is 39.1 Å². The molecular weight excluding hydrogens is 236 g/mol. The average molecular weight is 258 g/mol. The standard InChI is InChI=1S/C12H22N2O2S/c1-9(11(13)17)14(2)10-3-5-16-12(7-10)4-6-15-8-12/h9-10H,3-8H2,1-2H3,(H2,13,17). The summed E-state index contributed by atoms with van der Waals surface area (Å²) in [5.74, 6) is 0. The molecule has 2 aliphatic heterocycles. The first-order valence-corrected chi connectivity index (χ1v) is 6.68. The Morgan fingerprint density at radius 1 is 1.53 bits per heavy atom. The van der Waals surface area contributed by atoms with Gasteiger partial charge in [-0.3, -0.25) is 4.90 Å². The Hall–Kier alpha value is -0.230. The highest BCUT2D eigenvalue weighted by atomic mass is 32.1. The summed E-state index contributed by atoms with van der Waals surface area (Å²) in [6.07, 6.45) is 3.08. The summed E-state index contributed by atoms with van der Waals surface area (Å²) in [6.45, 7) is 4.43. The summed E-state index contributed by atoms with van der Waals surface area (Å²) < 4.78 is 11.4. The minimum absolute atomic E-state index is 0.0485. The van der Waals surface area contributed by atoms with Crippen molar-refractivity contribution in [2.45, 2.75) is 43.9 Å². The van der Waals surface area contributed by atoms with Gasteiger partial charge in [-0.15, -0.1) is 0 Å². The molecule has 0 aliphatic carbocycles. The summed E-state index contributed by atoms with van der Waals surface area (Å²) in [5, 5.41) is 0. The third-order valence-electron chi connectivity index (χ3n) is 4.13. The van der Waals surface area contributed by atoms with Crippen LogP contribution in [0.5, 0.6) is 0 Å². The van der Waals surface area contributed by atoms with Crippen LogP contribution in [0.15, 0.2) is 0 Å². The van der Waals surface area contributed by atoms with Gasteiger partial charge in [-0.25, -0.2) is 0 Å². The quantitative estimate of drug-likeness (QED) is 0.763. The van der Waals surface area contributed by atoms with Crippen LogP contribution in [0, 0.1) is 0 Å². The van der Waals surface area contributed by atoms with E-state index < -0.39 is 0 Å². The molecule has 2 N–H and O–H groups in total. The number of ether oxygens (including phenoxy) is 2. The molecule has 98 valence electrons. The van der Waals surface area contributed by atoms with Gasteiger partial charge in [0.15, 0.2) is 0 Å². The van der Waals surface area contributed by atoms with Crippen molar-refractivity contribution in [3.8, 4) is 0 Å². The van der Waals surface area contributed by atoms with Crippen LogP contribution >= 0.6 is 12.2 Å². The van der Waals surface area contributed by atoms with E-state index in [1.165, 1.54) is 0 Å². The fourth-order valence-electron chi connectivity index (χ4n) is 2.73. The van der Waals surface area contributed by atoms with Gasteiger partial charge in [0, 0.05) is 25.7 Å². The number of hydrogen-bond acceptors (Lipinski definition) is 4. The molecule has 0 radical (unpaired) electrons. The van der Waals surface area contributed by atoms with Crippen LogP contribution in [0.2, 0.25) is 0 Å². The zero-order valence-electron chi connectivity index (χ0n) is 10.6. The van der Waals surface area contributed by atoms with E-state index in [1.54, 1.807) is 0 Å². The van der Waals surface area contributed by atoms with Crippen molar-refractivity contribution in [3.63, 3.8) is 0 Å². The lowest BCUT2D eigenvalue weighted by atomic mass is 9.88. The summed E-state index contributed by atoms with van der Waals surface area (Å²) in [5.41, 5.74) is 5.67. The lowest BCUT2D eigenvalue weighted by Crippen LogP contribution is -2.52. The van der Waals surface area contributed by atoms with Crippen LogP contribution in [0.4, 0.5) is 0 Å². The molecule has 0 saturated carbocycles. The van der Waals surface area contributed by atoms with E-state index in [2.05, 4.69) is 18.9 Å². The van der Waals surface area contributed by atoms with Crippen molar-refractivity contribution in [3.05, 3.63) is 0 Å². The van der Waals surface area contributed by atoms with Gasteiger partial charge in [-0.2, -0.15) is 0 Å². The smallest absolute Gasteiger partial charge is 0.0951 e. The second-order valence-corrected chi connectivity index (χ2v) is 5.70. The first-order valence-electron chi connectivity index (χ1n) is 6.27. The van der Waals surface area contributed by atoms with Crippen molar-refractivity contribution < 1.29 is 9.47 Å². The zero-order chi connectivity index (χ0) is 12.5. The van der Waals surface area contributed by atoms with Gasteiger partial charge in [-0.1, -0.05) is 12.2 Å². The molecule has 0 bridgehead atoms. The van der Waals surface area contributed by atoms with Crippen LogP contribution in [0.25, 0.3) is 0 Å². The lowest BCUT2D eigenvalue weighted by molar-refractivity contribution is -0.105. The normalized spacial score (nSPS) is 35.4. The molecule has 0 aromatic carbocycles. The Kier molecular flexibility index (Phi) is 4.02. The summed E-state index contributed by atoms with van der Waals surface area (Å²) in [4.78, 5) is 2.85. The van der Waals surface area contributed by atoms with E-state index in [9.17, 15) is 0 Å². The molecule has 2 rings (SSSR count). The second kappa shape index (κ2) is 5.18. The molecule has 5 heteroatoms. The Bertz CT molecular complexity index is 292. The maximum absolute atomic E-state index is 5.93. The van der Waals surface area contributed by atoms with Gasteiger partial charge < -0.3 is 15.2 Å². The molecule has 1 spiro atoms. The summed E-state index contributed by atoms with van der Waals surface area (Å²) >= 11 is 5.07. The van der Waals surface area contributed by atoms with Gasteiger partial charge >= 0.3 is 0 Å². The fourth-order valence-corrected chi connectivity index (χ4v) is 2.90. The molecule has 0 amide bonds. The van der Waals surface area contributed by atoms with E-state index in [0.29, 0.717) is 11.0 Å². The third-order valence-corrected chi connectivity index (χ3v) is 4.47. The molecule has 4 nitrogen and oxygen atoms in total. The van der Waals surface area contributed by atoms with Crippen molar-refractivity contribution in [1.82, 2.24) is 4.90 Å². The summed E-state index contributed by atoms with van der Waals surface area (Å²) in [7, 11) is 2.10. The number of thiocarbonyl (C=S) groups is 1. The number of likely N-dealkylation sites (N-methyl/N-ethyl adjacent to an activating group) is 1. The maximum Gasteiger partial charge on any atom is 0.0951 e. The Morgan fingerprint density at radius 2 is 2.29 bits per heavy atom. The second-order valence-electron chi connectivity index (χ2n) is 5.22. The largest absolute Gasteiger partial charge is 0.392 e. The van der Waals surface area contributed by atoms with Crippen molar-refractivity contribution in [2.24, 2.45) is 5.73 Å². The first-order chi connectivity index (χ1) is 8.04. The Morgan fingerprint density at radius 3 is 2.88 bits per heavy atom. The highest BCUT2D eigenvalue weighted by molar-refractivity contribution is 7.80. The molecule has 0 aromatic heterocycles. The predicted molar refractivity (Wildman–Crippen MR) is 71.2 cm³/mol. The molecule has 2 fully saturated rings. The lowest BCUT2D eigenvalue weighted by Gasteiger charge is -2.42. The minimum atomic E-state index is -0.0485. The molecule has 2 heterocycles. The molecule has 17 heavy (non-hydrogen) atoms. The van der Waals surface area contributed by atoms with Crippen LogP contribution < -0.4 is 5.73 Å². The van der Waals surface area contributed by atoms with Crippen molar-refractivity contribution in [1.29, 1.82) is 0 Å². The SMILES string of the molecule is CC(C(N)=S)N(C)C1CCOC2(CCOC2)C1. The van der Waals surface area contributed by atoms with E-state index >= 15 is 0 Å². The molecule has 0 aromatic rings. The van der Waals surface area contributed by atoms with Crippen molar-refractivity contribution in [2.75, 3.05) is 26.9 Å². The van der Waals surface area contributed by atoms with Gasteiger partial charge in [0.1, 0.15) is 0 Å². The van der Waals surface area contributed by atoms with Crippen LogP contribution in [-0.2, 0) is 9.47 Å². The average Bonchev–Trinajstić information content (AvgIpc) is 2.75. The third kappa shape index (κ3) is 2.78. The van der Waals surface area contributed by atoms with Crippen LogP contribution in [0.1, 0.15) is 26.2 Å². The predicted octanol–water partition coefficient (Wildman–Crippen LogP) is 0.931. The van der Waals surface area contributed by atoms with Gasteiger partial charge in [-0.05, 0) is 26.8 Å². The molecule has 2 saturated heterocycles. The van der Waals surface area contributed by atoms with E-state index in [1.807, 2.05) is 0 Å². The summed E-state index contributed by atoms with van der Waals surface area (Å²) in [6, 6.07) is 0.634. The van der Waals surface area contributed by atoms with E-state index in [4.69, 9.17) is 27.4 Å². The zero-order valence-corrected chi connectivity index (χ0v) is 11.5. The van der Waals surface area contributed by atoms with Gasteiger partial charge in [0.25, 0.3) is 0 Å². The van der Waals surface area contributed by atoms with Gasteiger partial charge in [0.2, 0.25) is 0 Å². The Labute approximate surface area is 108 Å². The monoisotopic (exact) mass is 258 g/mol. The fraction of sp³-hybridized carbons (Fsp3) is 0.917.